The molecule has 0 heterocycles. The molecule has 142 valence electrons. The Morgan fingerprint density at radius 3 is 1.60 bits per heavy atom. The first-order chi connectivity index (χ1) is 12.3. The highest BCUT2D eigenvalue weighted by atomic mass is 14.3. The van der Waals surface area contributed by atoms with E-state index >= 15 is 0 Å². The first-order valence-electron chi connectivity index (χ1n) is 11.3. The highest BCUT2D eigenvalue weighted by Crippen LogP contribution is 2.34. The molecule has 0 nitrogen and oxygen atoms in total. The van der Waals surface area contributed by atoms with Crippen molar-refractivity contribution >= 4 is 0 Å². The number of hydrogen-bond acceptors (Lipinski definition) is 0. The highest BCUT2D eigenvalue weighted by Gasteiger charge is 2.20. The molecule has 0 unspecified atom stereocenters. The monoisotopic (exact) mass is 342 g/mol. The van der Waals surface area contributed by atoms with Crippen molar-refractivity contribution in [3.8, 4) is 0 Å². The second-order valence-electron chi connectivity index (χ2n) is 8.55. The van der Waals surface area contributed by atoms with Crippen molar-refractivity contribution in [1.82, 2.24) is 0 Å². The minimum absolute atomic E-state index is 0.882. The van der Waals surface area contributed by atoms with Gasteiger partial charge in [-0.1, -0.05) is 43.4 Å². The quantitative estimate of drug-likeness (QED) is 0.370. The minimum Gasteiger partial charge on any atom is -0.0917 e. The number of hydrogen-bond donors (Lipinski definition) is 0. The van der Waals surface area contributed by atoms with Crippen LogP contribution >= 0.6 is 0 Å². The van der Waals surface area contributed by atoms with Gasteiger partial charge in [-0.15, -0.1) is 0 Å². The van der Waals surface area contributed by atoms with Crippen molar-refractivity contribution in [1.29, 1.82) is 0 Å². The summed E-state index contributed by atoms with van der Waals surface area (Å²) in [4.78, 5) is 0. The van der Waals surface area contributed by atoms with Crippen LogP contribution in [0.3, 0.4) is 0 Å². The zero-order valence-electron chi connectivity index (χ0n) is 17.0. The molecule has 0 spiro atoms. The van der Waals surface area contributed by atoms with Gasteiger partial charge in [-0.25, -0.2) is 0 Å². The summed E-state index contributed by atoms with van der Waals surface area (Å²) in [5.41, 5.74) is 0. The molecule has 0 aromatic heterocycles. The predicted molar refractivity (Wildman–Crippen MR) is 113 cm³/mol. The smallest absolute Gasteiger partial charge is 0.0233 e. The fraction of sp³-hybridized carbons (Fsp3) is 0.760. The summed E-state index contributed by atoms with van der Waals surface area (Å²) < 4.78 is 0. The lowest BCUT2D eigenvalue weighted by atomic mass is 9.79. The molecule has 0 aliphatic heterocycles. The Morgan fingerprint density at radius 2 is 1.12 bits per heavy atom. The fourth-order valence-corrected chi connectivity index (χ4v) is 4.79. The van der Waals surface area contributed by atoms with E-state index in [1.165, 1.54) is 83.5 Å². The van der Waals surface area contributed by atoms with Crippen molar-refractivity contribution < 1.29 is 0 Å². The van der Waals surface area contributed by atoms with Crippen LogP contribution in [0.4, 0.5) is 0 Å². The second-order valence-corrected chi connectivity index (χ2v) is 8.55. The van der Waals surface area contributed by atoms with Crippen LogP contribution in [0.15, 0.2) is 36.5 Å². The van der Waals surface area contributed by atoms with E-state index in [1.54, 1.807) is 0 Å². The molecular formula is C25H42. The molecule has 0 bridgehead atoms. The van der Waals surface area contributed by atoms with Crippen LogP contribution in [0.25, 0.3) is 0 Å². The third-order valence-electron chi connectivity index (χ3n) is 6.55. The van der Waals surface area contributed by atoms with Crippen molar-refractivity contribution in [2.75, 3.05) is 0 Å². The first-order valence-corrected chi connectivity index (χ1v) is 11.3. The number of rotatable bonds is 9. The van der Waals surface area contributed by atoms with Gasteiger partial charge < -0.3 is 0 Å². The van der Waals surface area contributed by atoms with Gasteiger partial charge in [-0.3, -0.25) is 0 Å². The minimum atomic E-state index is 0.882. The number of allylic oxidation sites excluding steroid dienone is 6. The van der Waals surface area contributed by atoms with E-state index in [-0.39, 0.29) is 0 Å². The Morgan fingerprint density at radius 1 is 0.640 bits per heavy atom. The topological polar surface area (TPSA) is 0 Å². The van der Waals surface area contributed by atoms with Crippen LogP contribution in [-0.2, 0) is 0 Å². The maximum absolute atomic E-state index is 2.57. The molecule has 0 aromatic rings. The van der Waals surface area contributed by atoms with Gasteiger partial charge in [-0.2, -0.15) is 0 Å². The Kier molecular flexibility index (Phi) is 10.3. The van der Waals surface area contributed by atoms with E-state index in [2.05, 4.69) is 50.3 Å². The van der Waals surface area contributed by atoms with Gasteiger partial charge in [0.1, 0.15) is 0 Å². The standard InChI is InChI=1S/C25H42/c1-3-5-7-11-23-18-20-25(21-19-23)13-9-8-12-24-16-14-22(15-17-24)10-6-4-2/h3,5-6,9-10,13,22-25H,4,7-8,11-12,14-21H2,1-2H3/b5-3+,10-6+,13-9+/t22-,23-,24-,25-. The Hall–Kier alpha value is -0.780. The molecule has 2 aliphatic carbocycles. The molecule has 2 aliphatic rings. The molecule has 2 saturated carbocycles. The van der Waals surface area contributed by atoms with Crippen LogP contribution < -0.4 is 0 Å². The lowest BCUT2D eigenvalue weighted by Crippen LogP contribution is -2.13. The van der Waals surface area contributed by atoms with Gasteiger partial charge in [0.05, 0.1) is 0 Å². The summed E-state index contributed by atoms with van der Waals surface area (Å²) in [7, 11) is 0. The Bertz CT molecular complexity index is 398. The van der Waals surface area contributed by atoms with E-state index < -0.39 is 0 Å². The van der Waals surface area contributed by atoms with Crippen LogP contribution in [0.1, 0.15) is 97.3 Å². The first kappa shape index (κ1) is 20.5. The summed E-state index contributed by atoms with van der Waals surface area (Å²) in [6, 6.07) is 0. The van der Waals surface area contributed by atoms with Crippen LogP contribution in [0.2, 0.25) is 0 Å². The lowest BCUT2D eigenvalue weighted by molar-refractivity contribution is 0.293. The molecule has 2 rings (SSSR count). The maximum Gasteiger partial charge on any atom is -0.0233 e. The lowest BCUT2D eigenvalue weighted by Gasteiger charge is -2.27. The molecule has 0 atom stereocenters. The molecule has 25 heavy (non-hydrogen) atoms. The zero-order chi connectivity index (χ0) is 17.7. The van der Waals surface area contributed by atoms with Crippen LogP contribution in [-0.4, -0.2) is 0 Å². The van der Waals surface area contributed by atoms with E-state index in [1.807, 2.05) is 0 Å². The summed E-state index contributed by atoms with van der Waals surface area (Å²) in [5.74, 6) is 3.76. The Labute approximate surface area is 157 Å². The van der Waals surface area contributed by atoms with E-state index in [0.717, 1.165) is 23.7 Å². The summed E-state index contributed by atoms with van der Waals surface area (Å²) in [6.45, 7) is 4.38. The van der Waals surface area contributed by atoms with E-state index in [9.17, 15) is 0 Å². The summed E-state index contributed by atoms with van der Waals surface area (Å²) in [6.07, 6.45) is 32.7. The van der Waals surface area contributed by atoms with Crippen molar-refractivity contribution in [3.05, 3.63) is 36.5 Å². The predicted octanol–water partition coefficient (Wildman–Crippen LogP) is 8.26. The molecule has 0 N–H and O–H groups in total. The summed E-state index contributed by atoms with van der Waals surface area (Å²) >= 11 is 0. The van der Waals surface area contributed by atoms with Gasteiger partial charge >= 0.3 is 0 Å². The maximum atomic E-state index is 2.57. The van der Waals surface area contributed by atoms with Gasteiger partial charge in [0.2, 0.25) is 0 Å². The highest BCUT2D eigenvalue weighted by molar-refractivity contribution is 4.93. The second kappa shape index (κ2) is 12.6. The molecule has 0 aromatic carbocycles. The SMILES string of the molecule is C/C=C/CC[C@H]1CC[C@H](/C=C/CC[C@H]2CC[C@H](/C=C/CC)CC2)CC1. The normalized spacial score (nSPS) is 31.4. The fourth-order valence-electron chi connectivity index (χ4n) is 4.79. The van der Waals surface area contributed by atoms with Gasteiger partial charge in [0.15, 0.2) is 0 Å². The Balaban J connectivity index is 1.53. The van der Waals surface area contributed by atoms with Crippen LogP contribution in [0, 0.1) is 23.7 Å². The zero-order valence-corrected chi connectivity index (χ0v) is 17.0. The van der Waals surface area contributed by atoms with Crippen LogP contribution in [0.5, 0.6) is 0 Å². The molecule has 0 radical (unpaired) electrons. The van der Waals surface area contributed by atoms with E-state index in [4.69, 9.17) is 0 Å². The molecule has 0 saturated heterocycles. The molecule has 0 amide bonds. The van der Waals surface area contributed by atoms with Crippen molar-refractivity contribution in [3.63, 3.8) is 0 Å². The summed E-state index contributed by atoms with van der Waals surface area (Å²) in [5, 5.41) is 0. The van der Waals surface area contributed by atoms with Gasteiger partial charge in [-0.05, 0) is 114 Å². The van der Waals surface area contributed by atoms with Crippen molar-refractivity contribution in [2.24, 2.45) is 23.7 Å². The molecule has 0 heteroatoms. The molecular weight excluding hydrogens is 300 g/mol. The average Bonchev–Trinajstić information content (AvgIpc) is 2.66. The largest absolute Gasteiger partial charge is 0.0917 e. The molecule has 2 fully saturated rings. The van der Waals surface area contributed by atoms with E-state index in [0.29, 0.717) is 0 Å². The van der Waals surface area contributed by atoms with Gasteiger partial charge in [0, 0.05) is 0 Å². The van der Waals surface area contributed by atoms with Gasteiger partial charge in [0.25, 0.3) is 0 Å². The third-order valence-corrected chi connectivity index (χ3v) is 6.55. The third kappa shape index (κ3) is 8.43. The average molecular weight is 343 g/mol. The van der Waals surface area contributed by atoms with Crippen molar-refractivity contribution in [2.45, 2.75) is 97.3 Å².